The minimum atomic E-state index is -0.102. The third-order valence-corrected chi connectivity index (χ3v) is 5.94. The monoisotopic (exact) mass is 443 g/mol. The third kappa shape index (κ3) is 4.37. The summed E-state index contributed by atoms with van der Waals surface area (Å²) >= 11 is 0. The van der Waals surface area contributed by atoms with Gasteiger partial charge in [-0.05, 0) is 37.1 Å². The molecule has 5 rings (SSSR count). The molecule has 0 atom stereocenters. The van der Waals surface area contributed by atoms with E-state index in [1.807, 2.05) is 47.4 Å². The first-order valence-electron chi connectivity index (χ1n) is 11.0. The Balaban J connectivity index is 1.44. The molecule has 1 N–H and O–H groups in total. The standard InChI is InChI=1S/C25H25N5O3/c1-33-22-8-3-2-6-17(22)15-29(20-9-10-20)25(32)18-12-21-24(27-13-18)28-14-23(31)30(21)16-19-7-4-5-11-26-19/h2-8,11-13,20H,9-10,14-16H2,1H3,(H,27,28). The number of hydrogen-bond donors (Lipinski definition) is 1. The number of fused-ring (bicyclic) bond motifs is 1. The molecule has 0 bridgehead atoms. The number of rotatable bonds is 7. The Kier molecular flexibility index (Phi) is 5.64. The average Bonchev–Trinajstić information content (AvgIpc) is 3.70. The number of pyridine rings is 2. The van der Waals surface area contributed by atoms with Crippen molar-refractivity contribution in [2.45, 2.75) is 32.0 Å². The number of nitrogens with one attached hydrogen (secondary N) is 1. The lowest BCUT2D eigenvalue weighted by molar-refractivity contribution is -0.117. The molecule has 8 nitrogen and oxygen atoms in total. The van der Waals surface area contributed by atoms with Gasteiger partial charge in [0, 0.05) is 30.5 Å². The summed E-state index contributed by atoms with van der Waals surface area (Å²) in [6.07, 6.45) is 5.24. The van der Waals surface area contributed by atoms with E-state index in [0.29, 0.717) is 30.2 Å². The first-order valence-corrected chi connectivity index (χ1v) is 11.0. The topological polar surface area (TPSA) is 87.7 Å². The van der Waals surface area contributed by atoms with Crippen LogP contribution in [0.15, 0.2) is 60.9 Å². The van der Waals surface area contributed by atoms with Crippen molar-refractivity contribution in [3.8, 4) is 5.75 Å². The lowest BCUT2D eigenvalue weighted by Crippen LogP contribution is -2.40. The first kappa shape index (κ1) is 20.9. The van der Waals surface area contributed by atoms with Crippen molar-refractivity contribution in [3.05, 3.63) is 77.7 Å². The van der Waals surface area contributed by atoms with Gasteiger partial charge in [0.1, 0.15) is 5.75 Å². The minimum absolute atomic E-state index is 0.0902. The number of hydrogen-bond acceptors (Lipinski definition) is 6. The Morgan fingerprint density at radius 1 is 1.18 bits per heavy atom. The van der Waals surface area contributed by atoms with E-state index in [2.05, 4.69) is 15.3 Å². The highest BCUT2D eigenvalue weighted by atomic mass is 16.5. The highest BCUT2D eigenvalue weighted by Gasteiger charge is 2.35. The van der Waals surface area contributed by atoms with Gasteiger partial charge in [-0.15, -0.1) is 0 Å². The third-order valence-electron chi connectivity index (χ3n) is 5.94. The second-order valence-corrected chi connectivity index (χ2v) is 8.22. The van der Waals surface area contributed by atoms with Crippen molar-refractivity contribution in [1.29, 1.82) is 0 Å². The van der Waals surface area contributed by atoms with E-state index < -0.39 is 0 Å². The summed E-state index contributed by atoms with van der Waals surface area (Å²) in [5.41, 5.74) is 2.78. The number of amides is 2. The van der Waals surface area contributed by atoms with Crippen molar-refractivity contribution in [2.75, 3.05) is 23.9 Å². The van der Waals surface area contributed by atoms with Crippen molar-refractivity contribution in [3.63, 3.8) is 0 Å². The van der Waals surface area contributed by atoms with Crippen LogP contribution in [0.2, 0.25) is 0 Å². The van der Waals surface area contributed by atoms with Crippen LogP contribution in [0.5, 0.6) is 5.75 Å². The van der Waals surface area contributed by atoms with Crippen LogP contribution in [-0.2, 0) is 17.9 Å². The van der Waals surface area contributed by atoms with E-state index in [4.69, 9.17) is 4.74 Å². The number of para-hydroxylation sites is 1. The highest BCUT2D eigenvalue weighted by Crippen LogP contribution is 2.34. The van der Waals surface area contributed by atoms with Crippen molar-refractivity contribution < 1.29 is 14.3 Å². The Bertz CT molecular complexity index is 1180. The molecule has 0 saturated heterocycles. The Morgan fingerprint density at radius 3 is 2.76 bits per heavy atom. The summed E-state index contributed by atoms with van der Waals surface area (Å²) in [6, 6.07) is 15.3. The van der Waals surface area contributed by atoms with Crippen LogP contribution in [0, 0.1) is 0 Å². The Morgan fingerprint density at radius 2 is 2.00 bits per heavy atom. The number of anilines is 2. The summed E-state index contributed by atoms with van der Waals surface area (Å²) in [6.45, 7) is 0.933. The van der Waals surface area contributed by atoms with Gasteiger partial charge in [-0.3, -0.25) is 14.6 Å². The fourth-order valence-corrected chi connectivity index (χ4v) is 4.06. The fourth-order valence-electron chi connectivity index (χ4n) is 4.06. The van der Waals surface area contributed by atoms with Crippen LogP contribution in [0.25, 0.3) is 0 Å². The summed E-state index contributed by atoms with van der Waals surface area (Å²) in [5.74, 6) is 1.16. The van der Waals surface area contributed by atoms with E-state index in [-0.39, 0.29) is 24.4 Å². The average molecular weight is 444 g/mol. The molecule has 33 heavy (non-hydrogen) atoms. The normalized spacial score (nSPS) is 14.9. The number of nitrogens with zero attached hydrogens (tertiary/aromatic N) is 4. The molecule has 2 aromatic heterocycles. The van der Waals surface area contributed by atoms with Crippen LogP contribution < -0.4 is 15.0 Å². The zero-order chi connectivity index (χ0) is 22.8. The van der Waals surface area contributed by atoms with Crippen LogP contribution >= 0.6 is 0 Å². The molecule has 0 radical (unpaired) electrons. The first-order chi connectivity index (χ1) is 16.1. The molecule has 2 amide bonds. The Labute approximate surface area is 192 Å². The van der Waals surface area contributed by atoms with E-state index in [9.17, 15) is 9.59 Å². The molecular formula is C25H25N5O3. The second kappa shape index (κ2) is 8.90. The zero-order valence-corrected chi connectivity index (χ0v) is 18.4. The van der Waals surface area contributed by atoms with Crippen LogP contribution in [0.3, 0.4) is 0 Å². The van der Waals surface area contributed by atoms with Gasteiger partial charge in [0.2, 0.25) is 5.91 Å². The maximum absolute atomic E-state index is 13.6. The second-order valence-electron chi connectivity index (χ2n) is 8.22. The largest absolute Gasteiger partial charge is 0.496 e. The molecule has 3 aromatic rings. The fraction of sp³-hybridized carbons (Fsp3) is 0.280. The van der Waals surface area contributed by atoms with Gasteiger partial charge in [-0.1, -0.05) is 24.3 Å². The molecule has 1 aromatic carbocycles. The maximum Gasteiger partial charge on any atom is 0.256 e. The summed E-state index contributed by atoms with van der Waals surface area (Å²) in [4.78, 5) is 38.6. The molecule has 1 aliphatic heterocycles. The van der Waals surface area contributed by atoms with Crippen molar-refractivity contribution >= 4 is 23.3 Å². The number of aromatic nitrogens is 2. The van der Waals surface area contributed by atoms with E-state index in [0.717, 1.165) is 29.8 Å². The molecule has 2 aliphatic rings. The van der Waals surface area contributed by atoms with Gasteiger partial charge in [0.25, 0.3) is 5.91 Å². The zero-order valence-electron chi connectivity index (χ0n) is 18.4. The van der Waals surface area contributed by atoms with Crippen LogP contribution in [0.1, 0.15) is 34.5 Å². The molecular weight excluding hydrogens is 418 g/mol. The SMILES string of the molecule is COc1ccccc1CN(C(=O)c1cnc2c(c1)N(Cc1ccccn1)C(=O)CN2)C1CC1. The van der Waals surface area contributed by atoms with Gasteiger partial charge in [-0.25, -0.2) is 4.98 Å². The number of benzene rings is 1. The number of carbonyl (C=O) groups is 2. The molecule has 168 valence electrons. The van der Waals surface area contributed by atoms with Crippen LogP contribution in [-0.4, -0.2) is 46.4 Å². The molecule has 1 saturated carbocycles. The van der Waals surface area contributed by atoms with Gasteiger partial charge >= 0.3 is 0 Å². The van der Waals surface area contributed by atoms with E-state index in [1.54, 1.807) is 30.5 Å². The van der Waals surface area contributed by atoms with Crippen molar-refractivity contribution in [1.82, 2.24) is 14.9 Å². The van der Waals surface area contributed by atoms with Gasteiger partial charge in [0.05, 0.1) is 37.1 Å². The molecule has 1 fully saturated rings. The highest BCUT2D eigenvalue weighted by molar-refractivity contribution is 6.04. The van der Waals surface area contributed by atoms with E-state index in [1.165, 1.54) is 0 Å². The molecule has 1 aliphatic carbocycles. The number of ether oxygens (including phenoxy) is 1. The minimum Gasteiger partial charge on any atom is -0.496 e. The Hall–Kier alpha value is -3.94. The van der Waals surface area contributed by atoms with E-state index >= 15 is 0 Å². The van der Waals surface area contributed by atoms with Gasteiger partial charge < -0.3 is 19.9 Å². The molecule has 0 spiro atoms. The smallest absolute Gasteiger partial charge is 0.256 e. The van der Waals surface area contributed by atoms with Crippen LogP contribution in [0.4, 0.5) is 11.5 Å². The molecule has 3 heterocycles. The number of carbonyl (C=O) groups excluding carboxylic acids is 2. The summed E-state index contributed by atoms with van der Waals surface area (Å²) < 4.78 is 5.48. The predicted octanol–water partition coefficient (Wildman–Crippen LogP) is 3.25. The number of methoxy groups -OCH3 is 1. The van der Waals surface area contributed by atoms with Crippen molar-refractivity contribution in [2.24, 2.45) is 0 Å². The van der Waals surface area contributed by atoms with Gasteiger partial charge in [0.15, 0.2) is 5.82 Å². The lowest BCUT2D eigenvalue weighted by Gasteiger charge is -2.30. The molecule has 8 heteroatoms. The lowest BCUT2D eigenvalue weighted by atomic mass is 10.1. The van der Waals surface area contributed by atoms with Gasteiger partial charge in [-0.2, -0.15) is 0 Å². The summed E-state index contributed by atoms with van der Waals surface area (Å²) in [5, 5.41) is 3.05. The summed E-state index contributed by atoms with van der Waals surface area (Å²) in [7, 11) is 1.63. The quantitative estimate of drug-likeness (QED) is 0.603. The molecule has 0 unspecified atom stereocenters. The maximum atomic E-state index is 13.6. The predicted molar refractivity (Wildman–Crippen MR) is 124 cm³/mol.